The summed E-state index contributed by atoms with van der Waals surface area (Å²) in [7, 11) is -3.82. The lowest BCUT2D eigenvalue weighted by Gasteiger charge is -2.39. The van der Waals surface area contributed by atoms with Crippen LogP contribution in [0, 0.1) is 0 Å². The minimum Gasteiger partial charge on any atom is -0.549 e. The fourth-order valence-electron chi connectivity index (χ4n) is 3.96. The Morgan fingerprint density at radius 1 is 1.14 bits per heavy atom. The van der Waals surface area contributed by atoms with Gasteiger partial charge in [-0.25, -0.2) is 13.1 Å². The van der Waals surface area contributed by atoms with E-state index in [9.17, 15) is 32.7 Å². The van der Waals surface area contributed by atoms with Gasteiger partial charge in [0.25, 0.3) is 0 Å². The van der Waals surface area contributed by atoms with Crippen LogP contribution in [-0.4, -0.2) is 73.2 Å². The third-order valence-electron chi connectivity index (χ3n) is 5.70. The van der Waals surface area contributed by atoms with Crippen molar-refractivity contribution in [3.8, 4) is 0 Å². The van der Waals surface area contributed by atoms with Gasteiger partial charge in [0.2, 0.25) is 27.7 Å². The normalized spacial score (nSPS) is 18.6. The molecule has 0 bridgehead atoms. The zero-order valence-electron chi connectivity index (χ0n) is 19.7. The van der Waals surface area contributed by atoms with Gasteiger partial charge < -0.3 is 25.9 Å². The van der Waals surface area contributed by atoms with Crippen molar-refractivity contribution in [1.82, 2.24) is 14.9 Å². The second-order valence-electron chi connectivity index (χ2n) is 8.40. The van der Waals surface area contributed by atoms with Crippen molar-refractivity contribution in [2.24, 2.45) is 5.73 Å². The van der Waals surface area contributed by atoms with Crippen LogP contribution in [0.4, 0.5) is 0 Å². The molecule has 0 radical (unpaired) electrons. The Morgan fingerprint density at radius 2 is 1.86 bits per heavy atom. The molecular weight excluding hydrogens is 540 g/mol. The van der Waals surface area contributed by atoms with E-state index in [2.05, 4.69) is 10.0 Å². The van der Waals surface area contributed by atoms with Crippen molar-refractivity contribution in [1.29, 1.82) is 0 Å². The SMILES string of the molecule is NC(=O)[C@@H](Cc1ccccc1)NC(=O)[C@@H]1C[C@@H](NS(=O)(=O)c2cccs2)CCN1C(=O)CSCC(=O)[O-]. The average Bonchev–Trinajstić information content (AvgIpc) is 3.40. The Hall–Kier alpha value is -2.94. The predicted octanol–water partition coefficient (Wildman–Crippen LogP) is -0.918. The lowest BCUT2D eigenvalue weighted by molar-refractivity contribution is -0.301. The number of nitrogens with zero attached hydrogens (tertiary/aromatic N) is 1. The second-order valence-corrected chi connectivity index (χ2v) is 12.3. The highest BCUT2D eigenvalue weighted by Gasteiger charge is 2.38. The molecule has 37 heavy (non-hydrogen) atoms. The van der Waals surface area contributed by atoms with Crippen molar-refractivity contribution < 1.29 is 32.7 Å². The number of piperidine rings is 1. The highest BCUT2D eigenvalue weighted by Crippen LogP contribution is 2.23. The number of nitrogens with two attached hydrogens (primary N) is 1. The number of sulfonamides is 1. The molecule has 3 rings (SSSR count). The molecule has 1 fully saturated rings. The monoisotopic (exact) mass is 567 g/mol. The van der Waals surface area contributed by atoms with E-state index in [0.29, 0.717) is 0 Å². The molecule has 0 spiro atoms. The van der Waals surface area contributed by atoms with Gasteiger partial charge in [-0.3, -0.25) is 14.4 Å². The van der Waals surface area contributed by atoms with Gasteiger partial charge in [0, 0.05) is 24.8 Å². The highest BCUT2D eigenvalue weighted by molar-refractivity contribution is 8.00. The molecule has 1 aromatic carbocycles. The number of carboxylic acid groups (broad SMARTS) is 1. The van der Waals surface area contributed by atoms with Gasteiger partial charge in [-0.1, -0.05) is 36.4 Å². The zero-order chi connectivity index (χ0) is 27.0. The summed E-state index contributed by atoms with van der Waals surface area (Å²) < 4.78 is 28.2. The van der Waals surface area contributed by atoms with Crippen LogP contribution in [0.15, 0.2) is 52.1 Å². The van der Waals surface area contributed by atoms with Crippen molar-refractivity contribution in [3.05, 3.63) is 53.4 Å². The number of amides is 3. The highest BCUT2D eigenvalue weighted by atomic mass is 32.2. The van der Waals surface area contributed by atoms with Crippen LogP contribution >= 0.6 is 23.1 Å². The molecule has 1 saturated heterocycles. The molecular formula is C23H27N4O7S3-. The Morgan fingerprint density at radius 3 is 2.49 bits per heavy atom. The minimum absolute atomic E-state index is 0.0375. The van der Waals surface area contributed by atoms with E-state index in [4.69, 9.17) is 5.73 Å². The lowest BCUT2D eigenvalue weighted by atomic mass is 9.96. The smallest absolute Gasteiger partial charge is 0.250 e. The summed E-state index contributed by atoms with van der Waals surface area (Å²) >= 11 is 1.89. The standard InChI is InChI=1S/C23H28N4O7S3/c24-22(31)17(11-15-5-2-1-3-6-15)25-23(32)18-12-16(26-37(33,34)21-7-4-10-36-21)8-9-27(18)19(28)13-35-14-20(29)30/h1-7,10,16-18,26H,8-9,11-14H2,(H2,24,31)(H,25,32)(H,29,30)/p-1/t16-,17+,18-/m0/s1. The fraction of sp³-hybridized carbons (Fsp3) is 0.391. The number of benzene rings is 1. The Balaban J connectivity index is 1.76. The van der Waals surface area contributed by atoms with E-state index in [1.54, 1.807) is 35.7 Å². The van der Waals surface area contributed by atoms with Crippen LogP contribution in [0.25, 0.3) is 0 Å². The van der Waals surface area contributed by atoms with E-state index >= 15 is 0 Å². The Bertz CT molecular complexity index is 1210. The number of aliphatic carboxylic acids is 1. The number of hydrogen-bond acceptors (Lipinski definition) is 9. The summed E-state index contributed by atoms with van der Waals surface area (Å²) in [6, 6.07) is 9.21. The van der Waals surface area contributed by atoms with Crippen LogP contribution < -0.4 is 20.9 Å². The van der Waals surface area contributed by atoms with E-state index in [-0.39, 0.29) is 41.5 Å². The first-order valence-corrected chi connectivity index (χ1v) is 14.8. The number of carbonyl (C=O) groups is 4. The number of nitrogens with one attached hydrogen (secondary N) is 2. The molecule has 1 aliphatic heterocycles. The van der Waals surface area contributed by atoms with Crippen LogP contribution in [0.5, 0.6) is 0 Å². The van der Waals surface area contributed by atoms with Crippen molar-refractivity contribution in [2.75, 3.05) is 18.1 Å². The maximum atomic E-state index is 13.3. The molecule has 200 valence electrons. The third kappa shape index (κ3) is 8.28. The third-order valence-corrected chi connectivity index (χ3v) is 9.50. The van der Waals surface area contributed by atoms with E-state index in [1.807, 2.05) is 6.07 Å². The summed E-state index contributed by atoms with van der Waals surface area (Å²) in [5.41, 5.74) is 6.29. The van der Waals surface area contributed by atoms with Gasteiger partial charge in [0.15, 0.2) is 0 Å². The molecule has 1 aromatic heterocycles. The average molecular weight is 568 g/mol. The van der Waals surface area contributed by atoms with Crippen LogP contribution in [-0.2, 0) is 35.6 Å². The largest absolute Gasteiger partial charge is 0.549 e. The summed E-state index contributed by atoms with van der Waals surface area (Å²) in [4.78, 5) is 50.3. The number of primary amides is 1. The number of carbonyl (C=O) groups excluding carboxylic acids is 4. The van der Waals surface area contributed by atoms with E-state index in [1.165, 1.54) is 11.0 Å². The molecule has 0 saturated carbocycles. The zero-order valence-corrected chi connectivity index (χ0v) is 22.2. The van der Waals surface area contributed by atoms with E-state index in [0.717, 1.165) is 28.7 Å². The first-order valence-electron chi connectivity index (χ1n) is 11.3. The van der Waals surface area contributed by atoms with Gasteiger partial charge in [-0.2, -0.15) is 0 Å². The van der Waals surface area contributed by atoms with Crippen LogP contribution in [0.1, 0.15) is 18.4 Å². The van der Waals surface area contributed by atoms with Crippen molar-refractivity contribution in [2.45, 2.75) is 41.6 Å². The molecule has 2 aromatic rings. The summed E-state index contributed by atoms with van der Waals surface area (Å²) in [5, 5.41) is 15.0. The van der Waals surface area contributed by atoms with Crippen LogP contribution in [0.3, 0.4) is 0 Å². The summed E-state index contributed by atoms with van der Waals surface area (Å²) in [6.45, 7) is 0.0559. The molecule has 2 heterocycles. The van der Waals surface area contributed by atoms with Gasteiger partial charge in [-0.15, -0.1) is 23.1 Å². The first kappa shape index (κ1) is 28.6. The number of thioether (sulfide) groups is 1. The number of hydrogen-bond donors (Lipinski definition) is 3. The minimum atomic E-state index is -3.82. The first-order chi connectivity index (χ1) is 17.6. The van der Waals surface area contributed by atoms with Gasteiger partial charge in [0.05, 0.1) is 11.7 Å². The lowest BCUT2D eigenvalue weighted by Crippen LogP contribution is -2.60. The predicted molar refractivity (Wildman–Crippen MR) is 137 cm³/mol. The molecule has 0 aliphatic carbocycles. The summed E-state index contributed by atoms with van der Waals surface area (Å²) in [5.74, 6) is -3.81. The molecule has 3 atom stereocenters. The number of carboxylic acids is 1. The van der Waals surface area contributed by atoms with Gasteiger partial charge in [0.1, 0.15) is 16.3 Å². The molecule has 11 nitrogen and oxygen atoms in total. The van der Waals surface area contributed by atoms with E-state index < -0.39 is 51.8 Å². The maximum Gasteiger partial charge on any atom is 0.250 e. The molecule has 14 heteroatoms. The maximum absolute atomic E-state index is 13.3. The Kier molecular flexibility index (Phi) is 10.1. The topological polar surface area (TPSA) is 179 Å². The number of likely N-dealkylation sites (tertiary alicyclic amines) is 1. The Labute approximate surface area is 222 Å². The quantitative estimate of drug-likeness (QED) is 0.295. The summed E-state index contributed by atoms with van der Waals surface area (Å²) in [6.07, 6.45) is 0.344. The van der Waals surface area contributed by atoms with Crippen molar-refractivity contribution in [3.63, 3.8) is 0 Å². The van der Waals surface area contributed by atoms with Crippen LogP contribution in [0.2, 0.25) is 0 Å². The van der Waals surface area contributed by atoms with Gasteiger partial charge >= 0.3 is 0 Å². The number of thiophene rings is 1. The molecule has 4 N–H and O–H groups in total. The van der Waals surface area contributed by atoms with Crippen molar-refractivity contribution >= 4 is 56.8 Å². The van der Waals surface area contributed by atoms with Gasteiger partial charge in [-0.05, 0) is 29.9 Å². The second kappa shape index (κ2) is 13.0. The molecule has 1 aliphatic rings. The molecule has 3 amide bonds. The molecule has 0 unspecified atom stereocenters. The fourth-order valence-corrected chi connectivity index (χ4v) is 6.86. The number of rotatable bonds is 12.